The highest BCUT2D eigenvalue weighted by atomic mass is 79.9. The van der Waals surface area contributed by atoms with Crippen LogP contribution in [-0.4, -0.2) is 46.9 Å². The van der Waals surface area contributed by atoms with E-state index in [1.54, 1.807) is 12.1 Å². The number of carboxylic acid groups (broad SMARTS) is 1. The van der Waals surface area contributed by atoms with Crippen LogP contribution in [0.15, 0.2) is 27.3 Å². The van der Waals surface area contributed by atoms with Crippen molar-refractivity contribution in [3.05, 3.63) is 28.6 Å². The number of rotatable bonds is 3. The van der Waals surface area contributed by atoms with Gasteiger partial charge in [-0.3, -0.25) is 9.59 Å². The topological polar surface area (TPSA) is 99.9 Å². The number of nitrogens with zero attached hydrogens (tertiary/aromatic N) is 1. The van der Waals surface area contributed by atoms with Gasteiger partial charge in [0.2, 0.25) is 11.8 Å². The Morgan fingerprint density at radius 2 is 2.25 bits per heavy atom. The van der Waals surface area contributed by atoms with E-state index in [-0.39, 0.29) is 19.0 Å². The van der Waals surface area contributed by atoms with Gasteiger partial charge in [-0.15, -0.1) is 0 Å². The zero-order valence-corrected chi connectivity index (χ0v) is 11.8. The lowest BCUT2D eigenvalue weighted by molar-refractivity contribution is -0.152. The maximum absolute atomic E-state index is 12.0. The summed E-state index contributed by atoms with van der Waals surface area (Å²) in [5.41, 5.74) is 0. The van der Waals surface area contributed by atoms with Gasteiger partial charge in [-0.1, -0.05) is 0 Å². The van der Waals surface area contributed by atoms with Gasteiger partial charge in [-0.05, 0) is 34.1 Å². The Kier molecular flexibility index (Phi) is 4.23. The summed E-state index contributed by atoms with van der Waals surface area (Å²) in [5, 5.41) is 11.5. The van der Waals surface area contributed by atoms with Crippen molar-refractivity contribution >= 4 is 39.8 Å². The van der Waals surface area contributed by atoms with Gasteiger partial charge >= 0.3 is 5.97 Å². The number of carboxylic acids is 1. The van der Waals surface area contributed by atoms with Crippen molar-refractivity contribution in [2.45, 2.75) is 6.04 Å². The molecule has 1 aromatic rings. The van der Waals surface area contributed by atoms with Crippen LogP contribution in [0.3, 0.4) is 0 Å². The molecule has 106 valence electrons. The lowest BCUT2D eigenvalue weighted by atomic mass is 10.2. The fourth-order valence-corrected chi connectivity index (χ4v) is 2.08. The first-order chi connectivity index (χ1) is 9.47. The molecule has 1 atom stereocenters. The van der Waals surface area contributed by atoms with E-state index in [9.17, 15) is 14.4 Å². The summed E-state index contributed by atoms with van der Waals surface area (Å²) in [6.07, 6.45) is 2.60. The third kappa shape index (κ3) is 3.27. The number of aliphatic carboxylic acids is 1. The average Bonchev–Trinajstić information content (AvgIpc) is 2.81. The van der Waals surface area contributed by atoms with Gasteiger partial charge in [0, 0.05) is 12.6 Å². The van der Waals surface area contributed by atoms with Gasteiger partial charge in [0.25, 0.3) is 0 Å². The fraction of sp³-hybridized carbons (Fsp3) is 0.250. The molecule has 0 bridgehead atoms. The maximum Gasteiger partial charge on any atom is 0.328 e. The first-order valence-electron chi connectivity index (χ1n) is 5.71. The molecule has 2 amide bonds. The second-order valence-electron chi connectivity index (χ2n) is 4.10. The summed E-state index contributed by atoms with van der Waals surface area (Å²) in [6, 6.07) is 2.25. The largest absolute Gasteiger partial charge is 0.480 e. The quantitative estimate of drug-likeness (QED) is 0.777. The van der Waals surface area contributed by atoms with Gasteiger partial charge in [0.1, 0.15) is 18.3 Å². The maximum atomic E-state index is 12.0. The third-order valence-corrected chi connectivity index (χ3v) is 3.16. The van der Waals surface area contributed by atoms with Gasteiger partial charge in [-0.25, -0.2) is 4.79 Å². The second kappa shape index (κ2) is 5.91. The Hall–Kier alpha value is -2.09. The van der Waals surface area contributed by atoms with Crippen molar-refractivity contribution in [2.75, 3.05) is 13.1 Å². The first-order valence-corrected chi connectivity index (χ1v) is 6.50. The van der Waals surface area contributed by atoms with Gasteiger partial charge < -0.3 is 19.7 Å². The highest BCUT2D eigenvalue weighted by molar-refractivity contribution is 9.10. The number of furan rings is 1. The molecule has 1 unspecified atom stereocenters. The highest BCUT2D eigenvalue weighted by Gasteiger charge is 2.34. The van der Waals surface area contributed by atoms with E-state index in [2.05, 4.69) is 21.2 Å². The van der Waals surface area contributed by atoms with Crippen molar-refractivity contribution < 1.29 is 23.9 Å². The molecule has 1 saturated heterocycles. The third-order valence-electron chi connectivity index (χ3n) is 2.74. The minimum absolute atomic E-state index is 0.0972. The van der Waals surface area contributed by atoms with Crippen molar-refractivity contribution in [1.29, 1.82) is 0 Å². The summed E-state index contributed by atoms with van der Waals surface area (Å²) in [7, 11) is 0. The van der Waals surface area contributed by atoms with Crippen LogP contribution in [0.4, 0.5) is 0 Å². The zero-order valence-electron chi connectivity index (χ0n) is 10.2. The average molecular weight is 343 g/mol. The van der Waals surface area contributed by atoms with Crippen LogP contribution in [0.1, 0.15) is 5.76 Å². The normalized spacial score (nSPS) is 19.1. The van der Waals surface area contributed by atoms with E-state index in [1.807, 2.05) is 0 Å². The van der Waals surface area contributed by atoms with Crippen molar-refractivity contribution in [1.82, 2.24) is 10.2 Å². The van der Waals surface area contributed by atoms with Crippen LogP contribution in [0.2, 0.25) is 0 Å². The van der Waals surface area contributed by atoms with E-state index >= 15 is 0 Å². The van der Waals surface area contributed by atoms with Crippen LogP contribution >= 0.6 is 15.9 Å². The predicted octanol–water partition coefficient (Wildman–Crippen LogP) is 0.467. The Bertz CT molecular complexity index is 580. The van der Waals surface area contributed by atoms with Crippen LogP contribution in [0, 0.1) is 0 Å². The van der Waals surface area contributed by atoms with E-state index < -0.39 is 17.9 Å². The minimum Gasteiger partial charge on any atom is -0.480 e. The molecule has 20 heavy (non-hydrogen) atoms. The molecule has 2 rings (SSSR count). The molecule has 1 aliphatic rings. The minimum atomic E-state index is -1.16. The zero-order chi connectivity index (χ0) is 14.7. The highest BCUT2D eigenvalue weighted by Crippen LogP contribution is 2.15. The summed E-state index contributed by atoms with van der Waals surface area (Å²) in [5.74, 6) is -1.66. The number of halogens is 1. The molecule has 0 aliphatic carbocycles. The first kappa shape index (κ1) is 14.3. The molecular weight excluding hydrogens is 332 g/mol. The number of amides is 2. The molecule has 1 aromatic heterocycles. The van der Waals surface area contributed by atoms with Gasteiger partial charge in [-0.2, -0.15) is 0 Å². The monoisotopic (exact) mass is 342 g/mol. The molecule has 0 saturated carbocycles. The fourth-order valence-electron chi connectivity index (χ4n) is 1.76. The SMILES string of the molecule is O=C1CN(C(=O)/C=C/c2ccc(Br)o2)C(C(=O)O)CN1. The molecule has 1 aliphatic heterocycles. The number of hydrogen-bond acceptors (Lipinski definition) is 4. The molecule has 0 spiro atoms. The summed E-state index contributed by atoms with van der Waals surface area (Å²) < 4.78 is 5.70. The number of carbonyl (C=O) groups excluding carboxylic acids is 2. The number of hydrogen-bond donors (Lipinski definition) is 2. The Labute approximate surface area is 122 Å². The van der Waals surface area contributed by atoms with Crippen LogP contribution in [0.5, 0.6) is 0 Å². The lowest BCUT2D eigenvalue weighted by Gasteiger charge is -2.31. The van der Waals surface area contributed by atoms with Crippen molar-refractivity contribution in [2.24, 2.45) is 0 Å². The Morgan fingerprint density at radius 1 is 1.50 bits per heavy atom. The van der Waals surface area contributed by atoms with E-state index in [4.69, 9.17) is 9.52 Å². The molecular formula is C12H11BrN2O5. The van der Waals surface area contributed by atoms with Crippen molar-refractivity contribution in [3.8, 4) is 0 Å². The predicted molar refractivity (Wildman–Crippen MR) is 71.6 cm³/mol. The summed E-state index contributed by atoms with van der Waals surface area (Å²) in [6.45, 7) is -0.373. The van der Waals surface area contributed by atoms with Crippen LogP contribution in [0.25, 0.3) is 6.08 Å². The summed E-state index contributed by atoms with van der Waals surface area (Å²) in [4.78, 5) is 35.3. The van der Waals surface area contributed by atoms with Crippen molar-refractivity contribution in [3.63, 3.8) is 0 Å². The standard InChI is InChI=1S/C12H11BrN2O5/c13-9-3-1-7(20-9)2-4-11(17)15-6-10(16)14-5-8(15)12(18)19/h1-4,8H,5-6H2,(H,14,16)(H,18,19)/b4-2+. The second-order valence-corrected chi connectivity index (χ2v) is 4.88. The Balaban J connectivity index is 2.11. The van der Waals surface area contributed by atoms with E-state index in [1.165, 1.54) is 12.2 Å². The number of nitrogens with one attached hydrogen (secondary N) is 1. The van der Waals surface area contributed by atoms with E-state index in [0.29, 0.717) is 10.4 Å². The van der Waals surface area contributed by atoms with Gasteiger partial charge in [0.15, 0.2) is 4.67 Å². The molecule has 0 aromatic carbocycles. The molecule has 1 fully saturated rings. The number of piperazine rings is 1. The van der Waals surface area contributed by atoms with E-state index in [0.717, 1.165) is 4.90 Å². The molecule has 8 heteroatoms. The lowest BCUT2D eigenvalue weighted by Crippen LogP contribution is -2.59. The smallest absolute Gasteiger partial charge is 0.328 e. The molecule has 0 radical (unpaired) electrons. The van der Waals surface area contributed by atoms with Crippen LogP contribution < -0.4 is 5.32 Å². The summed E-state index contributed by atoms with van der Waals surface area (Å²) >= 11 is 3.13. The Morgan fingerprint density at radius 3 is 2.85 bits per heavy atom. The number of carbonyl (C=O) groups is 3. The molecule has 2 heterocycles. The molecule has 2 N–H and O–H groups in total. The molecule has 7 nitrogen and oxygen atoms in total. The van der Waals surface area contributed by atoms with Gasteiger partial charge in [0.05, 0.1) is 0 Å². The van der Waals surface area contributed by atoms with Crippen LogP contribution in [-0.2, 0) is 14.4 Å².